The van der Waals surface area contributed by atoms with E-state index in [4.69, 9.17) is 5.73 Å². The lowest BCUT2D eigenvalue weighted by molar-refractivity contribution is -0.134. The predicted octanol–water partition coefficient (Wildman–Crippen LogP) is -0.0309. The molecule has 1 heterocycles. The van der Waals surface area contributed by atoms with Gasteiger partial charge in [0.2, 0.25) is 21.8 Å². The molecule has 1 aromatic carbocycles. The molecule has 2 amide bonds. The number of hydrogen-bond donors (Lipinski definition) is 3. The Balaban J connectivity index is 2.31. The number of piperidine rings is 1. The van der Waals surface area contributed by atoms with Gasteiger partial charge >= 0.3 is 0 Å². The zero-order valence-electron chi connectivity index (χ0n) is 11.8. The monoisotopic (exact) mass is 311 g/mol. The number of sulfonamides is 1. The summed E-state index contributed by atoms with van der Waals surface area (Å²) in [5.74, 6) is -1.03. The Labute approximate surface area is 123 Å². The third kappa shape index (κ3) is 3.22. The van der Waals surface area contributed by atoms with Crippen molar-refractivity contribution in [3.8, 4) is 0 Å². The van der Waals surface area contributed by atoms with Crippen molar-refractivity contribution in [2.24, 2.45) is 0 Å². The van der Waals surface area contributed by atoms with Crippen molar-refractivity contribution in [2.45, 2.75) is 37.6 Å². The van der Waals surface area contributed by atoms with Gasteiger partial charge in [0.25, 0.3) is 0 Å². The quantitative estimate of drug-likeness (QED) is 0.535. The van der Waals surface area contributed by atoms with Crippen LogP contribution in [0.4, 0.5) is 5.69 Å². The third-order valence-corrected chi connectivity index (χ3v) is 4.97. The highest BCUT2D eigenvalue weighted by Gasteiger charge is 2.31. The highest BCUT2D eigenvalue weighted by molar-refractivity contribution is 7.89. The first-order valence-corrected chi connectivity index (χ1v) is 7.92. The Morgan fingerprint density at radius 2 is 1.95 bits per heavy atom. The van der Waals surface area contributed by atoms with Crippen molar-refractivity contribution < 1.29 is 18.0 Å². The van der Waals surface area contributed by atoms with Crippen molar-refractivity contribution in [1.82, 2.24) is 10.0 Å². The van der Waals surface area contributed by atoms with Crippen LogP contribution in [-0.2, 0) is 19.6 Å². The number of rotatable bonds is 3. The summed E-state index contributed by atoms with van der Waals surface area (Å²) in [6, 6.07) is 2.23. The Bertz CT molecular complexity index is 712. The molecule has 1 aliphatic heterocycles. The van der Waals surface area contributed by atoms with Crippen molar-refractivity contribution in [1.29, 1.82) is 0 Å². The number of carbonyl (C=O) groups is 2. The average Bonchev–Trinajstić information content (AvgIpc) is 2.37. The largest absolute Gasteiger partial charge is 0.398 e. The van der Waals surface area contributed by atoms with E-state index in [0.29, 0.717) is 16.8 Å². The molecule has 0 saturated carbocycles. The molecule has 21 heavy (non-hydrogen) atoms. The van der Waals surface area contributed by atoms with E-state index in [1.54, 1.807) is 19.9 Å². The number of nitrogens with two attached hydrogens (primary N) is 1. The zero-order chi connectivity index (χ0) is 15.8. The van der Waals surface area contributed by atoms with Crippen molar-refractivity contribution >= 4 is 27.5 Å². The van der Waals surface area contributed by atoms with Gasteiger partial charge in [-0.05, 0) is 43.5 Å². The van der Waals surface area contributed by atoms with E-state index in [1.807, 2.05) is 0 Å². The van der Waals surface area contributed by atoms with Crippen LogP contribution in [0.25, 0.3) is 0 Å². The lowest BCUT2D eigenvalue weighted by Gasteiger charge is -2.22. The van der Waals surface area contributed by atoms with Crippen LogP contribution in [0.2, 0.25) is 0 Å². The van der Waals surface area contributed by atoms with E-state index in [1.165, 1.54) is 6.07 Å². The molecule has 1 aliphatic rings. The van der Waals surface area contributed by atoms with E-state index in [0.717, 1.165) is 0 Å². The molecule has 0 aromatic heterocycles. The number of imide groups is 1. The predicted molar refractivity (Wildman–Crippen MR) is 76.8 cm³/mol. The lowest BCUT2D eigenvalue weighted by atomic mass is 10.1. The maximum absolute atomic E-state index is 12.4. The second-order valence-electron chi connectivity index (χ2n) is 5.10. The molecule has 0 spiro atoms. The van der Waals surface area contributed by atoms with E-state index in [-0.39, 0.29) is 17.7 Å². The second kappa shape index (κ2) is 5.45. The van der Waals surface area contributed by atoms with Gasteiger partial charge < -0.3 is 5.73 Å². The van der Waals surface area contributed by atoms with E-state index in [2.05, 4.69) is 10.0 Å². The molecule has 114 valence electrons. The summed E-state index contributed by atoms with van der Waals surface area (Å²) in [5, 5.41) is 2.11. The highest BCUT2D eigenvalue weighted by Crippen LogP contribution is 2.23. The molecule has 1 aromatic rings. The van der Waals surface area contributed by atoms with Gasteiger partial charge in [-0.2, -0.15) is 4.72 Å². The third-order valence-electron chi connectivity index (χ3n) is 3.37. The maximum atomic E-state index is 12.4. The zero-order valence-corrected chi connectivity index (χ0v) is 12.6. The minimum absolute atomic E-state index is 0.0460. The summed E-state index contributed by atoms with van der Waals surface area (Å²) in [6.07, 6.45) is 0.248. The number of carbonyl (C=O) groups excluding carboxylic acids is 2. The number of hydrogen-bond acceptors (Lipinski definition) is 5. The fourth-order valence-corrected chi connectivity index (χ4v) is 3.78. The first kappa shape index (κ1) is 15.5. The van der Waals surface area contributed by atoms with Gasteiger partial charge in [-0.1, -0.05) is 0 Å². The van der Waals surface area contributed by atoms with E-state index in [9.17, 15) is 18.0 Å². The second-order valence-corrected chi connectivity index (χ2v) is 6.78. The summed E-state index contributed by atoms with van der Waals surface area (Å²) in [7, 11) is -3.89. The van der Waals surface area contributed by atoms with Gasteiger partial charge in [0, 0.05) is 12.1 Å². The number of benzene rings is 1. The summed E-state index contributed by atoms with van der Waals surface area (Å²) in [4.78, 5) is 22.8. The topological polar surface area (TPSA) is 118 Å². The standard InChI is InChI=1S/C13H17N3O4S/c1-7-5-9(14)8(2)11(6-7)21(19,20)16-10-3-4-12(17)15-13(10)18/h5-6,10,16H,3-4,14H2,1-2H3,(H,15,17,18). The van der Waals surface area contributed by atoms with Gasteiger partial charge in [-0.15, -0.1) is 0 Å². The minimum atomic E-state index is -3.89. The maximum Gasteiger partial charge on any atom is 0.244 e. The molecule has 0 bridgehead atoms. The lowest BCUT2D eigenvalue weighted by Crippen LogP contribution is -2.52. The Morgan fingerprint density at radius 3 is 2.57 bits per heavy atom. The first-order valence-electron chi connectivity index (χ1n) is 6.43. The van der Waals surface area contributed by atoms with Gasteiger partial charge in [0.05, 0.1) is 4.90 Å². The van der Waals surface area contributed by atoms with Crippen LogP contribution in [0.3, 0.4) is 0 Å². The van der Waals surface area contributed by atoms with Gasteiger partial charge in [0.15, 0.2) is 0 Å². The van der Waals surface area contributed by atoms with E-state index < -0.39 is 27.9 Å². The summed E-state index contributed by atoms with van der Waals surface area (Å²) >= 11 is 0. The molecular weight excluding hydrogens is 294 g/mol. The van der Waals surface area contributed by atoms with Crippen LogP contribution in [-0.4, -0.2) is 26.3 Å². The van der Waals surface area contributed by atoms with Crippen LogP contribution in [0.1, 0.15) is 24.0 Å². The van der Waals surface area contributed by atoms with Gasteiger partial charge in [0.1, 0.15) is 6.04 Å². The number of nitrogen functional groups attached to an aromatic ring is 1. The molecular formula is C13H17N3O4S. The number of anilines is 1. The molecule has 4 N–H and O–H groups in total. The normalized spacial score (nSPS) is 19.4. The molecule has 1 fully saturated rings. The molecule has 7 nitrogen and oxygen atoms in total. The number of aryl methyl sites for hydroxylation is 1. The molecule has 1 unspecified atom stereocenters. The van der Waals surface area contributed by atoms with Gasteiger partial charge in [-0.3, -0.25) is 14.9 Å². The summed E-state index contributed by atoms with van der Waals surface area (Å²) < 4.78 is 27.2. The van der Waals surface area contributed by atoms with E-state index >= 15 is 0 Å². The Hall–Kier alpha value is -1.93. The van der Waals surface area contributed by atoms with Crippen LogP contribution in [0, 0.1) is 13.8 Å². The van der Waals surface area contributed by atoms with Crippen LogP contribution in [0.5, 0.6) is 0 Å². The fourth-order valence-electron chi connectivity index (χ4n) is 2.19. The SMILES string of the molecule is Cc1cc(N)c(C)c(S(=O)(=O)NC2CCC(=O)NC2=O)c1. The van der Waals surface area contributed by atoms with Crippen LogP contribution in [0.15, 0.2) is 17.0 Å². The van der Waals surface area contributed by atoms with Crippen LogP contribution >= 0.6 is 0 Å². The molecule has 0 radical (unpaired) electrons. The molecule has 8 heteroatoms. The number of amides is 2. The fraction of sp³-hybridized carbons (Fsp3) is 0.385. The molecule has 1 atom stereocenters. The van der Waals surface area contributed by atoms with Crippen molar-refractivity contribution in [3.63, 3.8) is 0 Å². The summed E-state index contributed by atoms with van der Waals surface area (Å²) in [6.45, 7) is 3.34. The van der Waals surface area contributed by atoms with Crippen molar-refractivity contribution in [2.75, 3.05) is 5.73 Å². The van der Waals surface area contributed by atoms with Crippen molar-refractivity contribution in [3.05, 3.63) is 23.3 Å². The van der Waals surface area contributed by atoms with Crippen LogP contribution < -0.4 is 15.8 Å². The average molecular weight is 311 g/mol. The molecule has 1 saturated heterocycles. The Kier molecular flexibility index (Phi) is 4.02. The first-order chi connectivity index (χ1) is 9.70. The van der Waals surface area contributed by atoms with Gasteiger partial charge in [-0.25, -0.2) is 8.42 Å². The molecule has 0 aliphatic carbocycles. The minimum Gasteiger partial charge on any atom is -0.398 e. The number of nitrogens with one attached hydrogen (secondary N) is 2. The summed E-state index contributed by atoms with van der Waals surface area (Å²) in [5.41, 5.74) is 7.30. The highest BCUT2D eigenvalue weighted by atomic mass is 32.2. The Morgan fingerprint density at radius 1 is 1.29 bits per heavy atom. The smallest absolute Gasteiger partial charge is 0.244 e. The molecule has 2 rings (SSSR count).